The summed E-state index contributed by atoms with van der Waals surface area (Å²) < 4.78 is 1.13. The molecule has 18 heavy (non-hydrogen) atoms. The van der Waals surface area contributed by atoms with Crippen molar-refractivity contribution in [2.75, 3.05) is 5.75 Å². The third-order valence-electron chi connectivity index (χ3n) is 1.98. The molecule has 1 amide bonds. The Kier molecular flexibility index (Phi) is 4.41. The van der Waals surface area contributed by atoms with Gasteiger partial charge in [0.2, 0.25) is 5.91 Å². The quantitative estimate of drug-likeness (QED) is 0.599. The van der Waals surface area contributed by atoms with E-state index in [1.54, 1.807) is 12.1 Å². The molecule has 0 aromatic heterocycles. The maximum Gasteiger partial charge on any atom is 0.236 e. The zero-order valence-electron chi connectivity index (χ0n) is 8.85. The van der Waals surface area contributed by atoms with Gasteiger partial charge >= 0.3 is 0 Å². The minimum Gasteiger partial charge on any atom is -0.506 e. The number of hydrogen-bond acceptors (Lipinski definition) is 5. The summed E-state index contributed by atoms with van der Waals surface area (Å²) in [6.07, 6.45) is 1.53. The van der Waals surface area contributed by atoms with E-state index in [2.05, 4.69) is 47.4 Å². The van der Waals surface area contributed by atoms with Crippen LogP contribution < -0.4 is 5.32 Å². The Hall–Kier alpha value is -0.860. The molecule has 94 valence electrons. The molecular weight excluding hydrogens is 386 g/mol. The molecule has 0 unspecified atom stereocenters. The maximum absolute atomic E-state index is 10.9. The monoisotopic (exact) mass is 391 g/mol. The van der Waals surface area contributed by atoms with Gasteiger partial charge in [0.1, 0.15) is 5.75 Å². The van der Waals surface area contributed by atoms with Crippen molar-refractivity contribution in [3.8, 4) is 5.75 Å². The van der Waals surface area contributed by atoms with E-state index in [9.17, 15) is 9.90 Å². The molecule has 5 nitrogen and oxygen atoms in total. The van der Waals surface area contributed by atoms with E-state index in [0.29, 0.717) is 19.9 Å². The zero-order valence-corrected chi connectivity index (χ0v) is 12.8. The fraction of sp³-hybridized carbons (Fsp3) is 0.100. The molecule has 2 rings (SSSR count). The highest BCUT2D eigenvalue weighted by molar-refractivity contribution is 9.11. The van der Waals surface area contributed by atoms with Crippen LogP contribution in [-0.2, 0) is 4.79 Å². The number of aromatic hydroxyl groups is 1. The van der Waals surface area contributed by atoms with Gasteiger partial charge < -0.3 is 10.4 Å². The van der Waals surface area contributed by atoms with Crippen molar-refractivity contribution in [2.45, 2.75) is 0 Å². The number of amides is 1. The van der Waals surface area contributed by atoms with Gasteiger partial charge in [-0.2, -0.15) is 5.10 Å². The Balaban J connectivity index is 2.12. The lowest BCUT2D eigenvalue weighted by atomic mass is 10.2. The first-order valence-electron chi connectivity index (χ1n) is 4.78. The number of phenolic OH excluding ortho intramolecular Hbond substituents is 1. The predicted molar refractivity (Wildman–Crippen MR) is 79.1 cm³/mol. The van der Waals surface area contributed by atoms with E-state index in [1.807, 2.05) is 0 Å². The van der Waals surface area contributed by atoms with E-state index in [-0.39, 0.29) is 11.7 Å². The van der Waals surface area contributed by atoms with Gasteiger partial charge in [-0.05, 0) is 49.6 Å². The van der Waals surface area contributed by atoms with Gasteiger partial charge in [0.15, 0.2) is 5.17 Å². The Labute approximate surface area is 124 Å². The van der Waals surface area contributed by atoms with Gasteiger partial charge in [0.25, 0.3) is 0 Å². The molecule has 8 heteroatoms. The number of amidine groups is 1. The minimum absolute atomic E-state index is 0.0657. The highest BCUT2D eigenvalue weighted by atomic mass is 79.9. The van der Waals surface area contributed by atoms with Gasteiger partial charge in [-0.3, -0.25) is 4.79 Å². The summed E-state index contributed by atoms with van der Waals surface area (Å²) in [6.45, 7) is 0. The Morgan fingerprint density at radius 2 is 2.06 bits per heavy atom. The second kappa shape index (κ2) is 5.85. The second-order valence-corrected chi connectivity index (χ2v) is 5.99. The lowest BCUT2D eigenvalue weighted by molar-refractivity contribution is -0.116. The smallest absolute Gasteiger partial charge is 0.236 e. The van der Waals surface area contributed by atoms with Crippen LogP contribution in [0.2, 0.25) is 0 Å². The fourth-order valence-corrected chi connectivity index (χ4v) is 3.04. The van der Waals surface area contributed by atoms with Gasteiger partial charge in [-0.15, -0.1) is 5.10 Å². The average molecular weight is 393 g/mol. The van der Waals surface area contributed by atoms with Crippen LogP contribution in [0, 0.1) is 0 Å². The summed E-state index contributed by atoms with van der Waals surface area (Å²) in [5, 5.41) is 20.4. The van der Waals surface area contributed by atoms with Crippen LogP contribution in [0.25, 0.3) is 0 Å². The third kappa shape index (κ3) is 3.33. The first kappa shape index (κ1) is 13.6. The number of carbonyl (C=O) groups excluding carboxylic acids is 1. The SMILES string of the molecule is O=C1CSC(=NN=Cc2cc(Br)c(O)c(Br)c2)N1. The highest BCUT2D eigenvalue weighted by Gasteiger charge is 2.15. The molecule has 0 atom stereocenters. The zero-order chi connectivity index (χ0) is 13.1. The molecule has 1 fully saturated rings. The number of nitrogens with one attached hydrogen (secondary N) is 1. The average Bonchev–Trinajstić information content (AvgIpc) is 2.72. The van der Waals surface area contributed by atoms with Crippen molar-refractivity contribution in [3.05, 3.63) is 26.6 Å². The van der Waals surface area contributed by atoms with Crippen LogP contribution in [0.5, 0.6) is 5.75 Å². The molecule has 0 radical (unpaired) electrons. The predicted octanol–water partition coefficient (Wildman–Crippen LogP) is 2.47. The van der Waals surface area contributed by atoms with Gasteiger partial charge in [0, 0.05) is 0 Å². The van der Waals surface area contributed by atoms with E-state index in [1.165, 1.54) is 18.0 Å². The molecule has 0 aliphatic carbocycles. The largest absolute Gasteiger partial charge is 0.506 e. The number of rotatable bonds is 2. The first-order valence-corrected chi connectivity index (χ1v) is 7.35. The van der Waals surface area contributed by atoms with Gasteiger partial charge in [0.05, 0.1) is 20.9 Å². The Morgan fingerprint density at radius 3 is 2.61 bits per heavy atom. The number of nitrogens with zero attached hydrogens (tertiary/aromatic N) is 2. The van der Waals surface area contributed by atoms with Crippen LogP contribution in [0.1, 0.15) is 5.56 Å². The van der Waals surface area contributed by atoms with Crippen molar-refractivity contribution >= 4 is 60.9 Å². The van der Waals surface area contributed by atoms with Gasteiger partial charge in [-0.1, -0.05) is 11.8 Å². The van der Waals surface area contributed by atoms with E-state index in [0.717, 1.165) is 5.56 Å². The van der Waals surface area contributed by atoms with Crippen molar-refractivity contribution in [1.29, 1.82) is 0 Å². The van der Waals surface area contributed by atoms with Crippen LogP contribution in [0.4, 0.5) is 0 Å². The molecule has 1 saturated heterocycles. The third-order valence-corrected chi connectivity index (χ3v) is 4.05. The summed E-state index contributed by atoms with van der Waals surface area (Å²) >= 11 is 7.76. The first-order chi connectivity index (χ1) is 8.56. The summed E-state index contributed by atoms with van der Waals surface area (Å²) in [5.41, 5.74) is 0.769. The van der Waals surface area contributed by atoms with Gasteiger partial charge in [-0.25, -0.2) is 0 Å². The fourth-order valence-electron chi connectivity index (χ4n) is 1.19. The van der Waals surface area contributed by atoms with E-state index >= 15 is 0 Å². The maximum atomic E-state index is 10.9. The van der Waals surface area contributed by atoms with E-state index < -0.39 is 0 Å². The Morgan fingerprint density at radius 1 is 1.39 bits per heavy atom. The Bertz CT molecular complexity index is 537. The van der Waals surface area contributed by atoms with Crippen molar-refractivity contribution in [3.63, 3.8) is 0 Å². The number of benzene rings is 1. The molecule has 2 N–H and O–H groups in total. The number of halogens is 2. The molecule has 1 aromatic carbocycles. The van der Waals surface area contributed by atoms with Crippen LogP contribution in [0.15, 0.2) is 31.3 Å². The summed E-state index contributed by atoms with van der Waals surface area (Å²) in [5.74, 6) is 0.450. The summed E-state index contributed by atoms with van der Waals surface area (Å²) in [7, 11) is 0. The standard InChI is InChI=1S/C10H7Br2N3O2S/c11-6-1-5(2-7(12)9(6)17)3-13-15-10-14-8(16)4-18-10/h1-3,17H,4H2,(H,14,15,16). The van der Waals surface area contributed by atoms with Crippen molar-refractivity contribution in [2.24, 2.45) is 10.2 Å². The number of hydrogen-bond donors (Lipinski definition) is 2. The second-order valence-electron chi connectivity index (χ2n) is 3.32. The van der Waals surface area contributed by atoms with Crippen LogP contribution in [0.3, 0.4) is 0 Å². The molecule has 1 aliphatic heterocycles. The number of phenols is 1. The highest BCUT2D eigenvalue weighted by Crippen LogP contribution is 2.32. The molecular formula is C10H7Br2N3O2S. The molecule has 0 spiro atoms. The molecule has 1 aromatic rings. The molecule has 1 heterocycles. The lowest BCUT2D eigenvalue weighted by Crippen LogP contribution is -2.19. The van der Waals surface area contributed by atoms with Crippen LogP contribution >= 0.6 is 43.6 Å². The normalized spacial score (nSPS) is 17.7. The number of carbonyl (C=O) groups is 1. The lowest BCUT2D eigenvalue weighted by Gasteiger charge is -2.01. The van der Waals surface area contributed by atoms with Crippen LogP contribution in [-0.4, -0.2) is 28.1 Å². The summed E-state index contributed by atoms with van der Waals surface area (Å²) in [4.78, 5) is 10.9. The minimum atomic E-state index is -0.0657. The topological polar surface area (TPSA) is 74.0 Å². The molecule has 0 bridgehead atoms. The molecule has 0 saturated carbocycles. The van der Waals surface area contributed by atoms with Crippen molar-refractivity contribution in [1.82, 2.24) is 5.32 Å². The molecule has 1 aliphatic rings. The van der Waals surface area contributed by atoms with E-state index in [4.69, 9.17) is 0 Å². The summed E-state index contributed by atoms with van der Waals surface area (Å²) in [6, 6.07) is 3.42. The van der Waals surface area contributed by atoms with Crippen molar-refractivity contribution < 1.29 is 9.90 Å². The number of thioether (sulfide) groups is 1.